The number of benzene rings is 2. The molecule has 7 nitrogen and oxygen atoms in total. The first-order valence-corrected chi connectivity index (χ1v) is 12.9. The van der Waals surface area contributed by atoms with E-state index in [1.54, 1.807) is 9.80 Å². The minimum atomic E-state index is -0.242. The van der Waals surface area contributed by atoms with Gasteiger partial charge in [0.05, 0.1) is 11.4 Å². The molecule has 1 atom stereocenters. The molecule has 3 heterocycles. The summed E-state index contributed by atoms with van der Waals surface area (Å²) in [5.41, 5.74) is 3.28. The van der Waals surface area contributed by atoms with E-state index in [2.05, 4.69) is 4.90 Å². The minimum Gasteiger partial charge on any atom is -0.358 e. The number of carbonyl (C=O) groups is 3. The Balaban J connectivity index is 1.45. The van der Waals surface area contributed by atoms with E-state index in [1.165, 1.54) is 0 Å². The van der Waals surface area contributed by atoms with Crippen LogP contribution in [0.25, 0.3) is 0 Å². The highest BCUT2D eigenvalue weighted by Gasteiger charge is 2.40. The van der Waals surface area contributed by atoms with E-state index in [0.717, 1.165) is 63.0 Å². The van der Waals surface area contributed by atoms with Gasteiger partial charge in [-0.2, -0.15) is 0 Å². The van der Waals surface area contributed by atoms with E-state index < -0.39 is 0 Å². The van der Waals surface area contributed by atoms with E-state index in [-0.39, 0.29) is 30.3 Å². The standard InChI is InChI=1S/C28H34N4O3/c1-2-29(19-21-10-4-3-5-11-21)26(33)20-32-25-18-22(27(34)30-15-8-9-16-30)13-14-23(25)31-17-7-6-12-24(31)28(32)35/h3-5,10-11,13-14,18,24H,2,6-9,12,15-17,19-20H2,1H3/t24-/m1/s1. The van der Waals surface area contributed by atoms with Crippen molar-refractivity contribution in [1.29, 1.82) is 0 Å². The van der Waals surface area contributed by atoms with Crippen molar-refractivity contribution in [1.82, 2.24) is 9.80 Å². The molecule has 0 aromatic heterocycles. The Morgan fingerprint density at radius 1 is 0.943 bits per heavy atom. The Hall–Kier alpha value is -3.35. The van der Waals surface area contributed by atoms with Crippen LogP contribution >= 0.6 is 0 Å². The number of nitrogens with zero attached hydrogens (tertiary/aromatic N) is 4. The van der Waals surface area contributed by atoms with Gasteiger partial charge in [0.25, 0.3) is 5.91 Å². The lowest BCUT2D eigenvalue weighted by Gasteiger charge is -2.45. The summed E-state index contributed by atoms with van der Waals surface area (Å²) >= 11 is 0. The Labute approximate surface area is 207 Å². The smallest absolute Gasteiger partial charge is 0.253 e. The van der Waals surface area contributed by atoms with Gasteiger partial charge in [0, 0.05) is 38.3 Å². The van der Waals surface area contributed by atoms with Gasteiger partial charge in [0.2, 0.25) is 11.8 Å². The van der Waals surface area contributed by atoms with Gasteiger partial charge in [-0.15, -0.1) is 0 Å². The first-order chi connectivity index (χ1) is 17.1. The maximum atomic E-state index is 13.7. The minimum absolute atomic E-state index is 0.00376. The third-order valence-corrected chi connectivity index (χ3v) is 7.51. The average Bonchev–Trinajstić information content (AvgIpc) is 3.44. The third-order valence-electron chi connectivity index (χ3n) is 7.51. The van der Waals surface area contributed by atoms with Crippen molar-refractivity contribution < 1.29 is 14.4 Å². The monoisotopic (exact) mass is 474 g/mol. The van der Waals surface area contributed by atoms with Gasteiger partial charge in [-0.3, -0.25) is 19.3 Å². The SMILES string of the molecule is CCN(Cc1ccccc1)C(=O)CN1C(=O)[C@H]2CCCCN2c2ccc(C(=O)N3CCCC3)cc21. The van der Waals surface area contributed by atoms with E-state index in [1.807, 2.05) is 60.4 Å². The maximum absolute atomic E-state index is 13.7. The van der Waals surface area contributed by atoms with Crippen LogP contribution < -0.4 is 9.80 Å². The summed E-state index contributed by atoms with van der Waals surface area (Å²) in [4.78, 5) is 47.7. The molecule has 3 aliphatic heterocycles. The normalized spacial score (nSPS) is 19.4. The van der Waals surface area contributed by atoms with Crippen molar-refractivity contribution in [3.05, 3.63) is 59.7 Å². The molecule has 2 aromatic carbocycles. The lowest BCUT2D eigenvalue weighted by Crippen LogP contribution is -2.57. The van der Waals surface area contributed by atoms with Crippen LogP contribution in [-0.2, 0) is 16.1 Å². The summed E-state index contributed by atoms with van der Waals surface area (Å²) in [5, 5.41) is 0. The van der Waals surface area contributed by atoms with Crippen LogP contribution in [0.15, 0.2) is 48.5 Å². The number of hydrogen-bond acceptors (Lipinski definition) is 4. The Morgan fingerprint density at radius 3 is 2.43 bits per heavy atom. The number of anilines is 2. The number of rotatable bonds is 6. The van der Waals surface area contributed by atoms with E-state index >= 15 is 0 Å². The first kappa shape index (κ1) is 23.4. The predicted molar refractivity (Wildman–Crippen MR) is 136 cm³/mol. The van der Waals surface area contributed by atoms with Crippen molar-refractivity contribution >= 4 is 29.1 Å². The molecule has 0 unspecified atom stereocenters. The number of hydrogen-bond donors (Lipinski definition) is 0. The summed E-state index contributed by atoms with van der Waals surface area (Å²) in [6.07, 6.45) is 4.89. The molecule has 0 saturated carbocycles. The fourth-order valence-corrected chi connectivity index (χ4v) is 5.57. The highest BCUT2D eigenvalue weighted by molar-refractivity contribution is 6.09. The quantitative estimate of drug-likeness (QED) is 0.641. The van der Waals surface area contributed by atoms with Gasteiger partial charge >= 0.3 is 0 Å². The molecule has 0 radical (unpaired) electrons. The van der Waals surface area contributed by atoms with Crippen molar-refractivity contribution in [2.75, 3.05) is 42.5 Å². The molecular weight excluding hydrogens is 440 g/mol. The van der Waals surface area contributed by atoms with Crippen LogP contribution in [-0.4, -0.2) is 66.3 Å². The summed E-state index contributed by atoms with van der Waals surface area (Å²) in [7, 11) is 0. The lowest BCUT2D eigenvalue weighted by molar-refractivity contribution is -0.132. The molecule has 0 bridgehead atoms. The molecule has 2 aromatic rings. The van der Waals surface area contributed by atoms with E-state index in [0.29, 0.717) is 24.3 Å². The molecule has 2 fully saturated rings. The number of carbonyl (C=O) groups excluding carboxylic acids is 3. The van der Waals surface area contributed by atoms with Crippen molar-refractivity contribution in [2.24, 2.45) is 0 Å². The van der Waals surface area contributed by atoms with Gasteiger partial charge in [-0.1, -0.05) is 30.3 Å². The number of fused-ring (bicyclic) bond motifs is 3. The third kappa shape index (κ3) is 4.64. The van der Waals surface area contributed by atoms with Crippen molar-refractivity contribution in [3.63, 3.8) is 0 Å². The molecule has 0 N–H and O–H groups in total. The number of likely N-dealkylation sites (tertiary alicyclic amines) is 1. The second kappa shape index (κ2) is 10.1. The van der Waals surface area contributed by atoms with Gasteiger partial charge < -0.3 is 14.7 Å². The fourth-order valence-electron chi connectivity index (χ4n) is 5.57. The predicted octanol–water partition coefficient (Wildman–Crippen LogP) is 3.68. The topological polar surface area (TPSA) is 64.2 Å². The Morgan fingerprint density at radius 2 is 1.69 bits per heavy atom. The summed E-state index contributed by atoms with van der Waals surface area (Å²) in [6.45, 7) is 5.38. The van der Waals surface area contributed by atoms with Crippen LogP contribution in [0, 0.1) is 0 Å². The van der Waals surface area contributed by atoms with Crippen LogP contribution in [0.1, 0.15) is 54.9 Å². The molecule has 184 valence electrons. The zero-order chi connectivity index (χ0) is 24.4. The zero-order valence-corrected chi connectivity index (χ0v) is 20.5. The number of piperidine rings is 1. The van der Waals surface area contributed by atoms with Crippen molar-refractivity contribution in [3.8, 4) is 0 Å². The molecule has 2 saturated heterocycles. The molecule has 3 amide bonds. The van der Waals surface area contributed by atoms with Gasteiger partial charge in [0.15, 0.2) is 0 Å². The fraction of sp³-hybridized carbons (Fsp3) is 0.464. The van der Waals surface area contributed by atoms with Gasteiger partial charge in [-0.05, 0) is 62.8 Å². The van der Waals surface area contributed by atoms with E-state index in [4.69, 9.17) is 0 Å². The largest absolute Gasteiger partial charge is 0.358 e. The maximum Gasteiger partial charge on any atom is 0.253 e. The molecule has 7 heteroatoms. The summed E-state index contributed by atoms with van der Waals surface area (Å²) in [6, 6.07) is 15.4. The van der Waals surface area contributed by atoms with Crippen molar-refractivity contribution in [2.45, 2.75) is 51.6 Å². The van der Waals surface area contributed by atoms with Gasteiger partial charge in [0.1, 0.15) is 12.6 Å². The average molecular weight is 475 g/mol. The molecule has 5 rings (SSSR count). The summed E-state index contributed by atoms with van der Waals surface area (Å²) in [5.74, 6) is -0.118. The molecular formula is C28H34N4O3. The Bertz CT molecular complexity index is 1100. The molecule has 3 aliphatic rings. The second-order valence-corrected chi connectivity index (χ2v) is 9.73. The van der Waals surface area contributed by atoms with Crippen LogP contribution in [0.2, 0.25) is 0 Å². The first-order valence-electron chi connectivity index (χ1n) is 12.9. The summed E-state index contributed by atoms with van der Waals surface area (Å²) < 4.78 is 0. The van der Waals surface area contributed by atoms with Crippen LogP contribution in [0.4, 0.5) is 11.4 Å². The van der Waals surface area contributed by atoms with Gasteiger partial charge in [-0.25, -0.2) is 0 Å². The Kier molecular flexibility index (Phi) is 6.75. The molecule has 35 heavy (non-hydrogen) atoms. The second-order valence-electron chi connectivity index (χ2n) is 9.73. The van der Waals surface area contributed by atoms with Crippen LogP contribution in [0.5, 0.6) is 0 Å². The molecule has 0 spiro atoms. The van der Waals surface area contributed by atoms with Crippen LogP contribution in [0.3, 0.4) is 0 Å². The molecule has 0 aliphatic carbocycles. The lowest BCUT2D eigenvalue weighted by atomic mass is 9.95. The highest BCUT2D eigenvalue weighted by atomic mass is 16.2. The van der Waals surface area contributed by atoms with E-state index in [9.17, 15) is 14.4 Å². The number of amides is 3. The zero-order valence-electron chi connectivity index (χ0n) is 20.5. The highest BCUT2D eigenvalue weighted by Crippen LogP contribution is 2.40. The number of likely N-dealkylation sites (N-methyl/N-ethyl adjacent to an activating group) is 1.